The summed E-state index contributed by atoms with van der Waals surface area (Å²) < 4.78 is 6.39. The molecule has 4 heteroatoms. The van der Waals surface area contributed by atoms with Crippen molar-refractivity contribution in [1.82, 2.24) is 0 Å². The number of hydrogen-bond donors (Lipinski definition) is 0. The van der Waals surface area contributed by atoms with E-state index in [0.717, 1.165) is 24.0 Å². The van der Waals surface area contributed by atoms with E-state index in [2.05, 4.69) is 91.9 Å². The monoisotopic (exact) mass is 562 g/mol. The van der Waals surface area contributed by atoms with E-state index in [9.17, 15) is 0 Å². The summed E-state index contributed by atoms with van der Waals surface area (Å²) in [5.74, 6) is 0. The zero-order chi connectivity index (χ0) is 22.2. The molecule has 0 spiro atoms. The fourth-order valence-electron chi connectivity index (χ4n) is 3.71. The van der Waals surface area contributed by atoms with Crippen LogP contribution in [0.5, 0.6) is 0 Å². The number of allylic oxidation sites excluding steroid dienone is 4. The minimum absolute atomic E-state index is 0. The van der Waals surface area contributed by atoms with Crippen LogP contribution in [0.2, 0.25) is 0 Å². The largest absolute Gasteiger partial charge is 0.486 e. The Bertz CT molecular complexity index is 1200. The molecule has 2 aliphatic rings. The van der Waals surface area contributed by atoms with Crippen LogP contribution >= 0.6 is 24.8 Å². The first kappa shape index (κ1) is 28.0. The summed E-state index contributed by atoms with van der Waals surface area (Å²) in [6, 6.07) is 30.5. The normalized spacial score (nSPS) is 11.8. The molecule has 34 heavy (non-hydrogen) atoms. The van der Waals surface area contributed by atoms with E-state index in [1.807, 2.05) is 18.2 Å². The summed E-state index contributed by atoms with van der Waals surface area (Å²) in [6.45, 7) is 2.16. The van der Waals surface area contributed by atoms with Gasteiger partial charge in [-0.3, -0.25) is 0 Å². The third-order valence-corrected chi connectivity index (χ3v) is 6.06. The third-order valence-electron chi connectivity index (χ3n) is 5.35. The van der Waals surface area contributed by atoms with Crippen LogP contribution in [0.15, 0.2) is 108 Å². The maximum absolute atomic E-state index is 4.93. The van der Waals surface area contributed by atoms with E-state index >= 15 is 0 Å². The van der Waals surface area contributed by atoms with Gasteiger partial charge in [-0.1, -0.05) is 53.4 Å². The standard InChI is InChI=1S/C13H9.C9H7O.C8H8.2ClH.Zr/c1-3-7-12-10(5-1)9-11-6-2-4-8-13(11)12;1-2-4-8(3-1)9-5-6-10-7-9;1-2-8-6-4-3-5-7-8;;;/h1-5,7-8H,9H2;1,3,5-7H,2H2;3-7H,1H3;2*1H;/q2*-1;;;;+2. The average molecular weight is 565 g/mol. The number of hydrogen-bond acceptors (Lipinski definition) is 1. The van der Waals surface area contributed by atoms with Crippen LogP contribution in [0.3, 0.4) is 0 Å². The van der Waals surface area contributed by atoms with Crippen LogP contribution in [0, 0.1) is 12.1 Å². The summed E-state index contributed by atoms with van der Waals surface area (Å²) in [7, 11) is 0. The Morgan fingerprint density at radius 1 is 0.882 bits per heavy atom. The molecule has 0 bridgehead atoms. The van der Waals surface area contributed by atoms with Crippen LogP contribution in [0.1, 0.15) is 35.6 Å². The molecule has 0 aliphatic heterocycles. The number of rotatable bonds is 2. The van der Waals surface area contributed by atoms with E-state index in [1.54, 1.807) is 12.5 Å². The molecule has 170 valence electrons. The molecule has 0 amide bonds. The van der Waals surface area contributed by atoms with Crippen molar-refractivity contribution in [3.63, 3.8) is 0 Å². The SMILES string of the molecule is C[C](=[Zr+2])c1ccccc1.Cl.Cl.[C-]1=C(c2ccoc2)C=CC1.[c-]1cccc2c1Cc1ccccc1-2. The molecule has 1 heterocycles. The van der Waals surface area contributed by atoms with Gasteiger partial charge in [-0.05, 0) is 6.42 Å². The molecule has 6 rings (SSSR count). The first-order chi connectivity index (χ1) is 15.7. The molecule has 0 atom stereocenters. The van der Waals surface area contributed by atoms with Crippen LogP contribution in [-0.2, 0) is 30.7 Å². The first-order valence-corrected chi connectivity index (χ1v) is 11.9. The van der Waals surface area contributed by atoms with Crippen LogP contribution < -0.4 is 0 Å². The van der Waals surface area contributed by atoms with Crippen molar-refractivity contribution in [2.45, 2.75) is 19.8 Å². The van der Waals surface area contributed by atoms with Gasteiger partial charge in [0.25, 0.3) is 0 Å². The van der Waals surface area contributed by atoms with Crippen molar-refractivity contribution >= 4 is 33.6 Å². The van der Waals surface area contributed by atoms with Gasteiger partial charge in [0, 0.05) is 6.26 Å². The topological polar surface area (TPSA) is 13.1 Å². The summed E-state index contributed by atoms with van der Waals surface area (Å²) in [5, 5.41) is 0. The molecule has 3 aromatic carbocycles. The van der Waals surface area contributed by atoms with Crippen molar-refractivity contribution in [2.75, 3.05) is 0 Å². The first-order valence-electron chi connectivity index (χ1n) is 10.7. The fourth-order valence-corrected chi connectivity index (χ4v) is 4.12. The van der Waals surface area contributed by atoms with Crippen molar-refractivity contribution in [3.8, 4) is 11.1 Å². The van der Waals surface area contributed by atoms with Gasteiger partial charge in [0.15, 0.2) is 0 Å². The van der Waals surface area contributed by atoms with Crippen molar-refractivity contribution < 1.29 is 28.7 Å². The Labute approximate surface area is 229 Å². The molecular formula is C30H26Cl2OZr. The molecule has 1 nitrogen and oxygen atoms in total. The van der Waals surface area contributed by atoms with Crippen LogP contribution in [0.25, 0.3) is 16.7 Å². The minimum Gasteiger partial charge on any atom is -0.486 e. The molecule has 0 radical (unpaired) electrons. The summed E-state index contributed by atoms with van der Waals surface area (Å²) >= 11 is 1.51. The van der Waals surface area contributed by atoms with Crippen molar-refractivity contribution in [3.05, 3.63) is 138 Å². The van der Waals surface area contributed by atoms with E-state index in [-0.39, 0.29) is 24.8 Å². The van der Waals surface area contributed by atoms with Crippen molar-refractivity contribution in [1.29, 1.82) is 0 Å². The second kappa shape index (κ2) is 14.2. The Morgan fingerprint density at radius 2 is 1.62 bits per heavy atom. The molecule has 2 aliphatic carbocycles. The summed E-state index contributed by atoms with van der Waals surface area (Å²) in [6.07, 6.45) is 12.7. The Balaban J connectivity index is 0.000000179. The zero-order valence-electron chi connectivity index (χ0n) is 19.0. The fraction of sp³-hybridized carbons (Fsp3) is 0.100. The maximum Gasteiger partial charge on any atom is 0.0771 e. The second-order valence-electron chi connectivity index (χ2n) is 7.60. The molecule has 1 aromatic heterocycles. The Morgan fingerprint density at radius 3 is 2.26 bits per heavy atom. The molecule has 0 saturated heterocycles. The maximum atomic E-state index is 4.93. The molecule has 0 fully saturated rings. The Hall–Kier alpha value is -2.25. The third kappa shape index (κ3) is 7.37. The van der Waals surface area contributed by atoms with Gasteiger partial charge in [0.05, 0.1) is 6.26 Å². The van der Waals surface area contributed by atoms with Crippen LogP contribution in [-0.4, -0.2) is 3.21 Å². The summed E-state index contributed by atoms with van der Waals surface area (Å²) in [5.41, 5.74) is 9.15. The van der Waals surface area contributed by atoms with Crippen molar-refractivity contribution in [2.24, 2.45) is 0 Å². The van der Waals surface area contributed by atoms with Gasteiger partial charge < -0.3 is 4.42 Å². The van der Waals surface area contributed by atoms with E-state index < -0.39 is 0 Å². The average Bonchev–Trinajstić information content (AvgIpc) is 3.61. The van der Waals surface area contributed by atoms with Gasteiger partial charge >= 0.3 is 70.3 Å². The molecular weight excluding hydrogens is 538 g/mol. The quantitative estimate of drug-likeness (QED) is 0.198. The Kier molecular flexibility index (Phi) is 11.7. The van der Waals surface area contributed by atoms with E-state index in [1.165, 1.54) is 55.3 Å². The summed E-state index contributed by atoms with van der Waals surface area (Å²) in [4.78, 5) is 0. The number of halogens is 2. The van der Waals surface area contributed by atoms with Gasteiger partial charge in [0.1, 0.15) is 0 Å². The van der Waals surface area contributed by atoms with Gasteiger partial charge in [-0.2, -0.15) is 47.6 Å². The smallest absolute Gasteiger partial charge is 0.0771 e. The molecule has 0 N–H and O–H groups in total. The number of furan rings is 1. The van der Waals surface area contributed by atoms with E-state index in [4.69, 9.17) is 4.42 Å². The predicted molar refractivity (Wildman–Crippen MR) is 143 cm³/mol. The minimum atomic E-state index is 0. The number of fused-ring (bicyclic) bond motifs is 3. The van der Waals surface area contributed by atoms with Gasteiger partial charge in [-0.15, -0.1) is 36.5 Å². The molecule has 4 aromatic rings. The molecule has 0 saturated carbocycles. The van der Waals surface area contributed by atoms with Gasteiger partial charge in [0.2, 0.25) is 0 Å². The predicted octanol–water partition coefficient (Wildman–Crippen LogP) is 8.10. The number of benzene rings is 3. The second-order valence-corrected chi connectivity index (χ2v) is 9.44. The molecule has 0 unspecified atom stereocenters. The van der Waals surface area contributed by atoms with Crippen LogP contribution in [0.4, 0.5) is 0 Å². The van der Waals surface area contributed by atoms with Gasteiger partial charge in [-0.25, -0.2) is 0 Å². The zero-order valence-corrected chi connectivity index (χ0v) is 23.0. The van der Waals surface area contributed by atoms with E-state index in [0.29, 0.717) is 0 Å².